The SMILES string of the molecule is COc1cc(NC(C)C(=O)NCC(F)(F)F)ccc1N1CCCC1=O. The number of alkyl halides is 3. The summed E-state index contributed by atoms with van der Waals surface area (Å²) < 4.78 is 41.7. The second-order valence-corrected chi connectivity index (χ2v) is 5.73. The molecule has 138 valence electrons. The van der Waals surface area contributed by atoms with Crippen LogP contribution >= 0.6 is 0 Å². The molecule has 0 bridgehead atoms. The average molecular weight is 359 g/mol. The zero-order valence-electron chi connectivity index (χ0n) is 13.9. The van der Waals surface area contributed by atoms with Crippen LogP contribution < -0.4 is 20.3 Å². The molecule has 1 aliphatic heterocycles. The Kier molecular flexibility index (Phi) is 5.76. The zero-order chi connectivity index (χ0) is 18.6. The van der Waals surface area contributed by atoms with Crippen LogP contribution in [0.4, 0.5) is 24.5 Å². The molecule has 1 atom stereocenters. The molecule has 1 aromatic carbocycles. The number of methoxy groups -OCH3 is 1. The molecule has 2 amide bonds. The Bertz CT molecular complexity index is 649. The van der Waals surface area contributed by atoms with Gasteiger partial charge in [-0.3, -0.25) is 9.59 Å². The number of ether oxygens (including phenoxy) is 1. The van der Waals surface area contributed by atoms with Crippen molar-refractivity contribution in [2.24, 2.45) is 0 Å². The highest BCUT2D eigenvalue weighted by Gasteiger charge is 2.29. The second kappa shape index (κ2) is 7.62. The van der Waals surface area contributed by atoms with E-state index < -0.39 is 24.7 Å². The number of rotatable bonds is 6. The molecule has 1 fully saturated rings. The van der Waals surface area contributed by atoms with E-state index in [0.29, 0.717) is 30.1 Å². The van der Waals surface area contributed by atoms with Gasteiger partial charge in [0.15, 0.2) is 0 Å². The molecule has 2 N–H and O–H groups in total. The molecular formula is C16H20F3N3O3. The molecule has 1 aromatic rings. The van der Waals surface area contributed by atoms with Crippen LogP contribution in [0.1, 0.15) is 19.8 Å². The van der Waals surface area contributed by atoms with Crippen LogP contribution in [0.3, 0.4) is 0 Å². The fraction of sp³-hybridized carbons (Fsp3) is 0.500. The van der Waals surface area contributed by atoms with Gasteiger partial charge in [-0.15, -0.1) is 0 Å². The van der Waals surface area contributed by atoms with E-state index in [1.165, 1.54) is 14.0 Å². The first-order valence-electron chi connectivity index (χ1n) is 7.80. The molecule has 1 saturated heterocycles. The fourth-order valence-corrected chi connectivity index (χ4v) is 2.55. The van der Waals surface area contributed by atoms with Crippen molar-refractivity contribution in [1.82, 2.24) is 5.32 Å². The van der Waals surface area contributed by atoms with Crippen LogP contribution in [0.25, 0.3) is 0 Å². The van der Waals surface area contributed by atoms with Gasteiger partial charge in [-0.05, 0) is 25.5 Å². The Morgan fingerprint density at radius 1 is 1.40 bits per heavy atom. The maximum atomic E-state index is 12.1. The van der Waals surface area contributed by atoms with Gasteiger partial charge >= 0.3 is 6.18 Å². The number of carbonyl (C=O) groups is 2. The number of hydrogen-bond donors (Lipinski definition) is 2. The number of benzene rings is 1. The van der Waals surface area contributed by atoms with Gasteiger partial charge in [0.2, 0.25) is 11.8 Å². The van der Waals surface area contributed by atoms with Crippen molar-refractivity contribution in [2.75, 3.05) is 30.4 Å². The van der Waals surface area contributed by atoms with E-state index in [9.17, 15) is 22.8 Å². The molecule has 6 nitrogen and oxygen atoms in total. The number of carbonyl (C=O) groups excluding carboxylic acids is 2. The third-order valence-electron chi connectivity index (χ3n) is 3.78. The molecule has 0 radical (unpaired) electrons. The minimum absolute atomic E-state index is 0.0129. The Labute approximate surface area is 143 Å². The summed E-state index contributed by atoms with van der Waals surface area (Å²) in [7, 11) is 1.46. The van der Waals surface area contributed by atoms with Gasteiger partial charge in [0.1, 0.15) is 18.3 Å². The standard InChI is InChI=1S/C16H20F3N3O3/c1-10(15(24)20-9-16(17,18)19)21-11-5-6-12(13(8-11)25-2)22-7-3-4-14(22)23/h5-6,8,10,21H,3-4,7,9H2,1-2H3,(H,20,24). The van der Waals surface area contributed by atoms with Crippen molar-refractivity contribution in [3.05, 3.63) is 18.2 Å². The molecule has 0 aromatic heterocycles. The van der Waals surface area contributed by atoms with Gasteiger partial charge in [-0.2, -0.15) is 13.2 Å². The largest absolute Gasteiger partial charge is 0.494 e. The lowest BCUT2D eigenvalue weighted by Crippen LogP contribution is -2.42. The minimum atomic E-state index is -4.46. The summed E-state index contributed by atoms with van der Waals surface area (Å²) in [5.41, 5.74) is 1.13. The van der Waals surface area contributed by atoms with E-state index in [-0.39, 0.29) is 5.91 Å². The summed E-state index contributed by atoms with van der Waals surface area (Å²) in [6, 6.07) is 4.07. The topological polar surface area (TPSA) is 70.7 Å². The number of nitrogens with one attached hydrogen (secondary N) is 2. The molecule has 2 rings (SSSR count). The highest BCUT2D eigenvalue weighted by molar-refractivity contribution is 5.97. The number of halogens is 3. The maximum Gasteiger partial charge on any atom is 0.405 e. The Hall–Kier alpha value is -2.45. The number of hydrogen-bond acceptors (Lipinski definition) is 4. The molecule has 0 saturated carbocycles. The van der Waals surface area contributed by atoms with E-state index >= 15 is 0 Å². The monoisotopic (exact) mass is 359 g/mol. The van der Waals surface area contributed by atoms with Crippen LogP contribution in [-0.2, 0) is 9.59 Å². The van der Waals surface area contributed by atoms with Crippen molar-refractivity contribution in [3.63, 3.8) is 0 Å². The third kappa shape index (κ3) is 5.01. The summed E-state index contributed by atoms with van der Waals surface area (Å²) in [5, 5.41) is 4.64. The Morgan fingerprint density at radius 2 is 2.12 bits per heavy atom. The summed E-state index contributed by atoms with van der Waals surface area (Å²) in [6.45, 7) is 0.686. The van der Waals surface area contributed by atoms with Crippen molar-refractivity contribution >= 4 is 23.2 Å². The summed E-state index contributed by atoms with van der Waals surface area (Å²) in [6.07, 6.45) is -3.19. The normalized spacial score (nSPS) is 15.9. The summed E-state index contributed by atoms with van der Waals surface area (Å²) in [5.74, 6) is -0.308. The first kappa shape index (κ1) is 18.9. The highest BCUT2D eigenvalue weighted by atomic mass is 19.4. The van der Waals surface area contributed by atoms with E-state index in [2.05, 4.69) is 5.32 Å². The lowest BCUT2D eigenvalue weighted by molar-refractivity contribution is -0.138. The van der Waals surface area contributed by atoms with Gasteiger partial charge in [0.05, 0.1) is 12.8 Å². The summed E-state index contributed by atoms with van der Waals surface area (Å²) in [4.78, 5) is 25.2. The van der Waals surface area contributed by atoms with E-state index in [4.69, 9.17) is 4.74 Å². The highest BCUT2D eigenvalue weighted by Crippen LogP contribution is 2.34. The van der Waals surface area contributed by atoms with E-state index in [0.717, 1.165) is 6.42 Å². The number of nitrogens with zero attached hydrogens (tertiary/aromatic N) is 1. The van der Waals surface area contributed by atoms with Gasteiger partial charge in [-0.1, -0.05) is 0 Å². The van der Waals surface area contributed by atoms with Crippen LogP contribution in [-0.4, -0.2) is 44.2 Å². The van der Waals surface area contributed by atoms with E-state index in [1.807, 2.05) is 5.32 Å². The fourth-order valence-electron chi connectivity index (χ4n) is 2.55. The predicted octanol–water partition coefficient (Wildman–Crippen LogP) is 2.30. The first-order chi connectivity index (χ1) is 11.7. The number of amides is 2. The van der Waals surface area contributed by atoms with E-state index in [1.54, 1.807) is 23.1 Å². The molecule has 0 aliphatic carbocycles. The van der Waals surface area contributed by atoms with Crippen LogP contribution in [0.2, 0.25) is 0 Å². The van der Waals surface area contributed by atoms with Crippen LogP contribution in [0.15, 0.2) is 18.2 Å². The molecule has 9 heteroatoms. The molecular weight excluding hydrogens is 339 g/mol. The van der Waals surface area contributed by atoms with Crippen molar-refractivity contribution < 1.29 is 27.5 Å². The quantitative estimate of drug-likeness (QED) is 0.818. The third-order valence-corrected chi connectivity index (χ3v) is 3.78. The van der Waals surface area contributed by atoms with Crippen LogP contribution in [0, 0.1) is 0 Å². The molecule has 1 unspecified atom stereocenters. The van der Waals surface area contributed by atoms with Gasteiger partial charge in [0.25, 0.3) is 0 Å². The molecule has 1 aliphatic rings. The average Bonchev–Trinajstić information content (AvgIpc) is 2.97. The van der Waals surface area contributed by atoms with Crippen molar-refractivity contribution in [2.45, 2.75) is 32.0 Å². The van der Waals surface area contributed by atoms with Crippen molar-refractivity contribution in [1.29, 1.82) is 0 Å². The lowest BCUT2D eigenvalue weighted by atomic mass is 10.2. The molecule has 1 heterocycles. The smallest absolute Gasteiger partial charge is 0.405 e. The zero-order valence-corrected chi connectivity index (χ0v) is 13.9. The molecule has 0 spiro atoms. The molecule has 25 heavy (non-hydrogen) atoms. The maximum absolute atomic E-state index is 12.1. The Morgan fingerprint density at radius 3 is 2.68 bits per heavy atom. The Balaban J connectivity index is 2.05. The first-order valence-corrected chi connectivity index (χ1v) is 7.80. The summed E-state index contributed by atoms with van der Waals surface area (Å²) >= 11 is 0. The minimum Gasteiger partial charge on any atom is -0.494 e. The lowest BCUT2D eigenvalue weighted by Gasteiger charge is -2.21. The van der Waals surface area contributed by atoms with Gasteiger partial charge < -0.3 is 20.3 Å². The number of anilines is 2. The predicted molar refractivity (Wildman–Crippen MR) is 86.7 cm³/mol. The van der Waals surface area contributed by atoms with Crippen molar-refractivity contribution in [3.8, 4) is 5.75 Å². The van der Waals surface area contributed by atoms with Crippen LogP contribution in [0.5, 0.6) is 5.75 Å². The van der Waals surface area contributed by atoms with Gasteiger partial charge in [0, 0.05) is 24.7 Å². The second-order valence-electron chi connectivity index (χ2n) is 5.73. The van der Waals surface area contributed by atoms with Gasteiger partial charge in [-0.25, -0.2) is 0 Å².